The second kappa shape index (κ2) is 10.6. The molecule has 30 heavy (non-hydrogen) atoms. The van der Waals surface area contributed by atoms with Gasteiger partial charge < -0.3 is 15.7 Å². The number of hydrogen-bond acceptors (Lipinski definition) is 3. The van der Waals surface area contributed by atoms with Crippen molar-refractivity contribution in [3.8, 4) is 11.1 Å². The quantitative estimate of drug-likeness (QED) is 0.539. The maximum Gasteiger partial charge on any atom is 0.418 e. The van der Waals surface area contributed by atoms with Gasteiger partial charge in [-0.15, -0.1) is 12.4 Å². The van der Waals surface area contributed by atoms with Crippen molar-refractivity contribution in [3.05, 3.63) is 59.4 Å². The summed E-state index contributed by atoms with van der Waals surface area (Å²) in [7, 11) is 1.97. The van der Waals surface area contributed by atoms with E-state index in [9.17, 15) is 22.7 Å². The van der Waals surface area contributed by atoms with Gasteiger partial charge in [-0.3, -0.25) is 0 Å². The van der Waals surface area contributed by atoms with Crippen molar-refractivity contribution < 1.29 is 22.7 Å². The van der Waals surface area contributed by atoms with Crippen LogP contribution >= 0.6 is 12.4 Å². The van der Waals surface area contributed by atoms with Gasteiger partial charge in [0, 0.05) is 24.2 Å². The van der Waals surface area contributed by atoms with E-state index in [1.165, 1.54) is 30.3 Å². The normalized spacial score (nSPS) is 20.5. The molecule has 0 spiro atoms. The lowest BCUT2D eigenvalue weighted by Crippen LogP contribution is -2.38. The number of halogens is 5. The summed E-state index contributed by atoms with van der Waals surface area (Å²) < 4.78 is 52.1. The van der Waals surface area contributed by atoms with Gasteiger partial charge in [-0.25, -0.2) is 4.39 Å². The van der Waals surface area contributed by atoms with Crippen LogP contribution in [0.3, 0.4) is 0 Å². The van der Waals surface area contributed by atoms with E-state index in [4.69, 9.17) is 0 Å². The zero-order chi connectivity index (χ0) is 21.0. The Bertz CT molecular complexity index is 806. The number of aliphatic hydroxyl groups is 1. The minimum absolute atomic E-state index is 0. The Labute approximate surface area is 180 Å². The van der Waals surface area contributed by atoms with Crippen molar-refractivity contribution in [2.75, 3.05) is 7.05 Å². The van der Waals surface area contributed by atoms with E-state index in [-0.39, 0.29) is 23.8 Å². The predicted molar refractivity (Wildman–Crippen MR) is 112 cm³/mol. The lowest BCUT2D eigenvalue weighted by atomic mass is 9.91. The van der Waals surface area contributed by atoms with Crippen molar-refractivity contribution in [2.24, 2.45) is 0 Å². The lowest BCUT2D eigenvalue weighted by Gasteiger charge is -2.29. The average molecular weight is 447 g/mol. The highest BCUT2D eigenvalue weighted by Crippen LogP contribution is 2.33. The molecule has 2 aromatic carbocycles. The van der Waals surface area contributed by atoms with Gasteiger partial charge in [0.2, 0.25) is 0 Å². The number of nitrogens with one attached hydrogen (secondary N) is 2. The fourth-order valence-electron chi connectivity index (χ4n) is 3.78. The van der Waals surface area contributed by atoms with Crippen LogP contribution in [0.15, 0.2) is 42.5 Å². The van der Waals surface area contributed by atoms with Crippen molar-refractivity contribution >= 4 is 12.4 Å². The number of benzene rings is 2. The molecule has 0 amide bonds. The molecule has 0 saturated heterocycles. The summed E-state index contributed by atoms with van der Waals surface area (Å²) in [6.07, 6.45) is -2.96. The molecule has 1 aliphatic rings. The Morgan fingerprint density at radius 2 is 1.53 bits per heavy atom. The molecule has 1 aliphatic carbocycles. The third kappa shape index (κ3) is 6.17. The van der Waals surface area contributed by atoms with Crippen LogP contribution < -0.4 is 10.6 Å². The monoisotopic (exact) mass is 446 g/mol. The van der Waals surface area contributed by atoms with Gasteiger partial charge >= 0.3 is 6.18 Å². The van der Waals surface area contributed by atoms with E-state index in [2.05, 4.69) is 10.6 Å². The van der Waals surface area contributed by atoms with Gasteiger partial charge in [-0.05, 0) is 61.6 Å². The second-order valence-electron chi connectivity index (χ2n) is 7.59. The fourth-order valence-corrected chi connectivity index (χ4v) is 3.78. The summed E-state index contributed by atoms with van der Waals surface area (Å²) >= 11 is 0. The van der Waals surface area contributed by atoms with Gasteiger partial charge in [0.25, 0.3) is 0 Å². The zero-order valence-corrected chi connectivity index (χ0v) is 17.5. The van der Waals surface area contributed by atoms with Crippen LogP contribution in [0.5, 0.6) is 0 Å². The highest BCUT2D eigenvalue weighted by Gasteiger charge is 2.39. The molecule has 3 N–H and O–H groups in total. The zero-order valence-electron chi connectivity index (χ0n) is 16.7. The third-order valence-corrected chi connectivity index (χ3v) is 5.63. The molecule has 166 valence electrons. The summed E-state index contributed by atoms with van der Waals surface area (Å²) in [4.78, 5) is 0. The molecule has 8 heteroatoms. The van der Waals surface area contributed by atoms with E-state index in [1.54, 1.807) is 12.1 Å². The lowest BCUT2D eigenvalue weighted by molar-refractivity contribution is -0.206. The second-order valence-corrected chi connectivity index (χ2v) is 7.59. The number of hydrogen-bond donors (Lipinski definition) is 3. The van der Waals surface area contributed by atoms with Crippen LogP contribution in [-0.4, -0.2) is 30.4 Å². The molecule has 1 fully saturated rings. The summed E-state index contributed by atoms with van der Waals surface area (Å²) in [6, 6.07) is 11.1. The molecule has 3 nitrogen and oxygen atoms in total. The van der Waals surface area contributed by atoms with Gasteiger partial charge in [-0.1, -0.05) is 30.3 Å². The molecule has 1 unspecified atom stereocenters. The highest BCUT2D eigenvalue weighted by atomic mass is 35.5. The van der Waals surface area contributed by atoms with Crippen molar-refractivity contribution in [1.82, 2.24) is 10.6 Å². The summed E-state index contributed by atoms with van der Waals surface area (Å²) in [5.74, 6) is -0.311. The molecule has 1 atom stereocenters. The first kappa shape index (κ1) is 24.6. The Kier molecular flexibility index (Phi) is 8.67. The first-order chi connectivity index (χ1) is 13.8. The standard InChI is InChI=1S/C22H26F4N2O.ClH/c1-27-18-7-9-19(10-8-18)28-13-17-12-16(6-11-20(17)23)14-2-4-15(5-3-14)21(29)22(24,25)26;/h2-6,11-12,18-19,21,27-29H,7-10,13H2,1H3;1H. The molecule has 0 bridgehead atoms. The number of alkyl halides is 3. The van der Waals surface area contributed by atoms with Gasteiger partial charge in [0.15, 0.2) is 6.10 Å². The first-order valence-corrected chi connectivity index (χ1v) is 9.82. The fraction of sp³-hybridized carbons (Fsp3) is 0.455. The topological polar surface area (TPSA) is 44.3 Å². The van der Waals surface area contributed by atoms with Crippen LogP contribution in [-0.2, 0) is 6.54 Å². The molecule has 2 aromatic rings. The summed E-state index contributed by atoms with van der Waals surface area (Å²) in [5, 5.41) is 16.0. The maximum atomic E-state index is 14.2. The Hall–Kier alpha value is -1.67. The van der Waals surface area contributed by atoms with Crippen LogP contribution in [0, 0.1) is 5.82 Å². The van der Waals surface area contributed by atoms with E-state index in [0.29, 0.717) is 29.8 Å². The van der Waals surface area contributed by atoms with Crippen molar-refractivity contribution in [1.29, 1.82) is 0 Å². The molecular formula is C22H27ClF4N2O. The Morgan fingerprint density at radius 3 is 2.10 bits per heavy atom. The Morgan fingerprint density at radius 1 is 0.967 bits per heavy atom. The highest BCUT2D eigenvalue weighted by molar-refractivity contribution is 5.85. The molecular weight excluding hydrogens is 420 g/mol. The van der Waals surface area contributed by atoms with E-state index in [1.807, 2.05) is 7.05 Å². The molecule has 0 aliphatic heterocycles. The SMILES string of the molecule is CNC1CCC(NCc2cc(-c3ccc(C(O)C(F)(F)F)cc3)ccc2F)CC1.Cl. The van der Waals surface area contributed by atoms with Crippen molar-refractivity contribution in [3.63, 3.8) is 0 Å². The third-order valence-electron chi connectivity index (χ3n) is 5.63. The van der Waals surface area contributed by atoms with Crippen LogP contribution in [0.4, 0.5) is 17.6 Å². The van der Waals surface area contributed by atoms with Crippen LogP contribution in [0.2, 0.25) is 0 Å². The molecule has 0 heterocycles. The summed E-state index contributed by atoms with van der Waals surface area (Å²) in [5.41, 5.74) is 1.69. The van der Waals surface area contributed by atoms with E-state index >= 15 is 0 Å². The molecule has 3 rings (SSSR count). The largest absolute Gasteiger partial charge is 0.418 e. The van der Waals surface area contributed by atoms with E-state index < -0.39 is 12.3 Å². The Balaban J connectivity index is 0.00000320. The van der Waals surface area contributed by atoms with Crippen molar-refractivity contribution in [2.45, 2.75) is 56.6 Å². The van der Waals surface area contributed by atoms with Crippen LogP contribution in [0.25, 0.3) is 11.1 Å². The number of aliphatic hydroxyl groups excluding tert-OH is 1. The smallest absolute Gasteiger partial charge is 0.379 e. The molecule has 1 saturated carbocycles. The minimum Gasteiger partial charge on any atom is -0.379 e. The maximum absolute atomic E-state index is 14.2. The first-order valence-electron chi connectivity index (χ1n) is 9.82. The van der Waals surface area contributed by atoms with Crippen LogP contribution in [0.1, 0.15) is 42.9 Å². The van der Waals surface area contributed by atoms with Gasteiger partial charge in [0.1, 0.15) is 5.82 Å². The van der Waals surface area contributed by atoms with Gasteiger partial charge in [0.05, 0.1) is 0 Å². The number of rotatable bonds is 6. The van der Waals surface area contributed by atoms with E-state index in [0.717, 1.165) is 31.2 Å². The molecule has 0 radical (unpaired) electrons. The summed E-state index contributed by atoms with van der Waals surface area (Å²) in [6.45, 7) is 0.402. The predicted octanol–water partition coefficient (Wildman–Crippen LogP) is 5.13. The van der Waals surface area contributed by atoms with Gasteiger partial charge in [-0.2, -0.15) is 13.2 Å². The molecule has 0 aromatic heterocycles. The average Bonchev–Trinajstić information content (AvgIpc) is 2.72. The minimum atomic E-state index is -4.71.